The van der Waals surface area contributed by atoms with Crippen LogP contribution in [0.4, 0.5) is 0 Å². The average molecular weight is 240 g/mol. The lowest BCUT2D eigenvalue weighted by Gasteiger charge is -2.26. The molecule has 1 atom stereocenters. The first-order chi connectivity index (χ1) is 7.82. The molecule has 0 bridgehead atoms. The van der Waals surface area contributed by atoms with Gasteiger partial charge in [-0.3, -0.25) is 9.59 Å². The van der Waals surface area contributed by atoms with E-state index in [4.69, 9.17) is 0 Å². The van der Waals surface area contributed by atoms with Gasteiger partial charge in [0.2, 0.25) is 11.8 Å². The fourth-order valence-corrected chi connectivity index (χ4v) is 1.41. The zero-order valence-electron chi connectivity index (χ0n) is 11.3. The van der Waals surface area contributed by atoms with Crippen molar-refractivity contribution in [3.05, 3.63) is 0 Å². The molecule has 17 heavy (non-hydrogen) atoms. The molecule has 0 saturated heterocycles. The first-order valence-corrected chi connectivity index (χ1v) is 6.38. The second-order valence-electron chi connectivity index (χ2n) is 5.94. The maximum absolute atomic E-state index is 11.8. The molecule has 2 N–H and O–H groups in total. The summed E-state index contributed by atoms with van der Waals surface area (Å²) in [7, 11) is 0. The molecular weight excluding hydrogens is 216 g/mol. The maximum Gasteiger partial charge on any atom is 0.223 e. The molecule has 1 rings (SSSR count). The first kappa shape index (κ1) is 14.0. The molecule has 0 heterocycles. The van der Waals surface area contributed by atoms with Gasteiger partial charge in [0.15, 0.2) is 0 Å². The third kappa shape index (κ3) is 4.75. The lowest BCUT2D eigenvalue weighted by atomic mass is 9.81. The van der Waals surface area contributed by atoms with Crippen molar-refractivity contribution in [2.24, 2.45) is 17.3 Å². The number of carbonyl (C=O) groups is 2. The lowest BCUT2D eigenvalue weighted by Crippen LogP contribution is -2.40. The largest absolute Gasteiger partial charge is 0.354 e. The summed E-state index contributed by atoms with van der Waals surface area (Å²) in [6.45, 7) is 9.11. The van der Waals surface area contributed by atoms with Gasteiger partial charge in [-0.15, -0.1) is 0 Å². The van der Waals surface area contributed by atoms with Gasteiger partial charge in [0, 0.05) is 24.9 Å². The Labute approximate surface area is 104 Å². The van der Waals surface area contributed by atoms with Crippen molar-refractivity contribution in [3.63, 3.8) is 0 Å². The minimum Gasteiger partial charge on any atom is -0.354 e. The standard InChI is InChI=1S/C13H24N2O2/c1-9(13(2,3)4)11(16)14-7-8-15-12(17)10-5-6-10/h9-10H,5-8H2,1-4H3,(H,14,16)(H,15,17). The quantitative estimate of drug-likeness (QED) is 0.712. The molecule has 4 nitrogen and oxygen atoms in total. The molecule has 0 aromatic rings. The van der Waals surface area contributed by atoms with Gasteiger partial charge in [0.1, 0.15) is 0 Å². The van der Waals surface area contributed by atoms with Gasteiger partial charge in [-0.1, -0.05) is 27.7 Å². The van der Waals surface area contributed by atoms with Gasteiger partial charge in [-0.25, -0.2) is 0 Å². The van der Waals surface area contributed by atoms with Gasteiger partial charge in [0.25, 0.3) is 0 Å². The Morgan fingerprint density at radius 3 is 2.18 bits per heavy atom. The van der Waals surface area contributed by atoms with Crippen molar-refractivity contribution in [3.8, 4) is 0 Å². The summed E-state index contributed by atoms with van der Waals surface area (Å²) in [5.41, 5.74) is -0.0264. The van der Waals surface area contributed by atoms with E-state index in [9.17, 15) is 9.59 Å². The zero-order valence-corrected chi connectivity index (χ0v) is 11.3. The Morgan fingerprint density at radius 2 is 1.71 bits per heavy atom. The second kappa shape index (κ2) is 5.52. The fourth-order valence-electron chi connectivity index (χ4n) is 1.41. The van der Waals surface area contributed by atoms with Crippen molar-refractivity contribution in [1.29, 1.82) is 0 Å². The first-order valence-electron chi connectivity index (χ1n) is 6.38. The number of amides is 2. The number of nitrogens with one attached hydrogen (secondary N) is 2. The molecule has 1 saturated carbocycles. The van der Waals surface area contributed by atoms with Crippen molar-refractivity contribution in [2.45, 2.75) is 40.5 Å². The topological polar surface area (TPSA) is 58.2 Å². The number of hydrogen-bond donors (Lipinski definition) is 2. The molecule has 1 aliphatic rings. The van der Waals surface area contributed by atoms with Crippen LogP contribution in [0.5, 0.6) is 0 Å². The Hall–Kier alpha value is -1.06. The molecule has 0 aromatic heterocycles. The molecule has 98 valence electrons. The summed E-state index contributed by atoms with van der Waals surface area (Å²) in [5, 5.41) is 5.67. The maximum atomic E-state index is 11.8. The third-order valence-corrected chi connectivity index (χ3v) is 3.36. The summed E-state index contributed by atoms with van der Waals surface area (Å²) in [5.74, 6) is 0.391. The van der Waals surface area contributed by atoms with Crippen molar-refractivity contribution in [2.75, 3.05) is 13.1 Å². The highest BCUT2D eigenvalue weighted by Gasteiger charge is 2.29. The predicted octanol–water partition coefficient (Wildman–Crippen LogP) is 1.31. The smallest absolute Gasteiger partial charge is 0.223 e. The molecule has 0 aromatic carbocycles. The lowest BCUT2D eigenvalue weighted by molar-refractivity contribution is -0.128. The van der Waals surface area contributed by atoms with Gasteiger partial charge in [-0.05, 0) is 18.3 Å². The van der Waals surface area contributed by atoms with Crippen molar-refractivity contribution >= 4 is 11.8 Å². The van der Waals surface area contributed by atoms with E-state index in [-0.39, 0.29) is 29.1 Å². The Bertz CT molecular complexity index is 290. The summed E-state index contributed by atoms with van der Waals surface area (Å²) in [6, 6.07) is 0. The van der Waals surface area contributed by atoms with Crippen LogP contribution in [-0.4, -0.2) is 24.9 Å². The summed E-state index contributed by atoms with van der Waals surface area (Å²) >= 11 is 0. The minimum absolute atomic E-state index is 0.0263. The Kier molecular flexibility index (Phi) is 4.54. The van der Waals surface area contributed by atoms with Crippen LogP contribution >= 0.6 is 0 Å². The van der Waals surface area contributed by atoms with E-state index in [1.54, 1.807) is 0 Å². The summed E-state index contributed by atoms with van der Waals surface area (Å²) in [6.07, 6.45) is 2.03. The van der Waals surface area contributed by atoms with E-state index >= 15 is 0 Å². The minimum atomic E-state index is -0.0264. The SMILES string of the molecule is CC(C(=O)NCCNC(=O)C1CC1)C(C)(C)C. The van der Waals surface area contributed by atoms with Crippen LogP contribution in [-0.2, 0) is 9.59 Å². The van der Waals surface area contributed by atoms with Gasteiger partial charge in [0.05, 0.1) is 0 Å². The van der Waals surface area contributed by atoms with E-state index in [0.717, 1.165) is 12.8 Å². The van der Waals surface area contributed by atoms with E-state index in [1.807, 2.05) is 27.7 Å². The molecule has 0 spiro atoms. The van der Waals surface area contributed by atoms with Crippen molar-refractivity contribution in [1.82, 2.24) is 10.6 Å². The predicted molar refractivity (Wildman–Crippen MR) is 67.4 cm³/mol. The molecule has 2 amide bonds. The fraction of sp³-hybridized carbons (Fsp3) is 0.846. The van der Waals surface area contributed by atoms with Crippen LogP contribution in [0.2, 0.25) is 0 Å². The van der Waals surface area contributed by atoms with E-state index < -0.39 is 0 Å². The van der Waals surface area contributed by atoms with Gasteiger partial charge < -0.3 is 10.6 Å². The van der Waals surface area contributed by atoms with Gasteiger partial charge in [-0.2, -0.15) is 0 Å². The Morgan fingerprint density at radius 1 is 1.18 bits per heavy atom. The molecule has 4 heteroatoms. The number of rotatable bonds is 5. The highest BCUT2D eigenvalue weighted by atomic mass is 16.2. The molecule has 0 aliphatic heterocycles. The van der Waals surface area contributed by atoms with Crippen LogP contribution in [0.15, 0.2) is 0 Å². The summed E-state index contributed by atoms with van der Waals surface area (Å²) < 4.78 is 0. The van der Waals surface area contributed by atoms with Crippen LogP contribution < -0.4 is 10.6 Å². The number of carbonyl (C=O) groups excluding carboxylic acids is 2. The van der Waals surface area contributed by atoms with Crippen LogP contribution in [0.25, 0.3) is 0 Å². The highest BCUT2D eigenvalue weighted by Crippen LogP contribution is 2.28. The van der Waals surface area contributed by atoms with Gasteiger partial charge >= 0.3 is 0 Å². The molecular formula is C13H24N2O2. The highest BCUT2D eigenvalue weighted by molar-refractivity contribution is 5.81. The Balaban J connectivity index is 2.13. The summed E-state index contributed by atoms with van der Waals surface area (Å²) in [4.78, 5) is 23.1. The molecule has 1 aliphatic carbocycles. The molecule has 0 radical (unpaired) electrons. The monoisotopic (exact) mass is 240 g/mol. The zero-order chi connectivity index (χ0) is 13.1. The van der Waals surface area contributed by atoms with E-state index in [2.05, 4.69) is 10.6 Å². The second-order valence-corrected chi connectivity index (χ2v) is 5.94. The van der Waals surface area contributed by atoms with Crippen LogP contribution in [0.1, 0.15) is 40.5 Å². The molecule has 1 unspecified atom stereocenters. The van der Waals surface area contributed by atoms with E-state index in [0.29, 0.717) is 13.1 Å². The third-order valence-electron chi connectivity index (χ3n) is 3.36. The van der Waals surface area contributed by atoms with Crippen LogP contribution in [0, 0.1) is 17.3 Å². The normalized spacial score (nSPS) is 17.4. The van der Waals surface area contributed by atoms with Crippen molar-refractivity contribution < 1.29 is 9.59 Å². The average Bonchev–Trinajstić information content (AvgIpc) is 3.04. The number of hydrogen-bond acceptors (Lipinski definition) is 2. The molecule has 1 fully saturated rings. The van der Waals surface area contributed by atoms with E-state index in [1.165, 1.54) is 0 Å². The van der Waals surface area contributed by atoms with Crippen LogP contribution in [0.3, 0.4) is 0 Å².